The number of likely N-dealkylation sites (N-methyl/N-ethyl adjacent to an activating group) is 1. The fraction of sp³-hybridized carbons (Fsp3) is 0.286. The molecule has 2 aromatic heterocycles. The van der Waals surface area contributed by atoms with Gasteiger partial charge < -0.3 is 4.90 Å². The van der Waals surface area contributed by atoms with Crippen LogP contribution in [0.2, 0.25) is 0 Å². The second kappa shape index (κ2) is 7.55. The molecule has 7 nitrogen and oxygen atoms in total. The minimum absolute atomic E-state index is 0.0381. The molecule has 29 heavy (non-hydrogen) atoms. The van der Waals surface area contributed by atoms with Crippen molar-refractivity contribution in [1.82, 2.24) is 19.9 Å². The lowest BCUT2D eigenvalue weighted by molar-refractivity contribution is 0.143. The van der Waals surface area contributed by atoms with Gasteiger partial charge in [-0.05, 0) is 30.8 Å². The van der Waals surface area contributed by atoms with E-state index in [0.717, 1.165) is 53.8 Å². The van der Waals surface area contributed by atoms with Crippen LogP contribution in [0, 0.1) is 0 Å². The first-order chi connectivity index (χ1) is 14.2. The van der Waals surface area contributed by atoms with Gasteiger partial charge in [-0.15, -0.1) is 11.3 Å². The maximum atomic E-state index is 13.6. The summed E-state index contributed by atoms with van der Waals surface area (Å²) >= 11 is 1.50. The summed E-state index contributed by atoms with van der Waals surface area (Å²) in [7, 11) is 2.12. The van der Waals surface area contributed by atoms with E-state index in [1.165, 1.54) is 11.3 Å². The van der Waals surface area contributed by atoms with Crippen LogP contribution in [0.3, 0.4) is 0 Å². The molecule has 3 aromatic rings. The number of thiazole rings is 1. The number of carbonyl (C=O) groups is 1. The van der Waals surface area contributed by atoms with Gasteiger partial charge in [-0.2, -0.15) is 0 Å². The molecule has 0 bridgehead atoms. The number of nitrogens with zero attached hydrogens (tertiary/aromatic N) is 6. The van der Waals surface area contributed by atoms with E-state index in [1.807, 2.05) is 40.7 Å². The molecule has 0 radical (unpaired) electrons. The topological polar surface area (TPSA) is 55.8 Å². The molecular formula is C21H22N6OS. The van der Waals surface area contributed by atoms with Crippen molar-refractivity contribution < 1.29 is 4.79 Å². The number of carbonyl (C=O) groups excluding carboxylic acids is 1. The van der Waals surface area contributed by atoms with Crippen LogP contribution in [-0.4, -0.2) is 59.1 Å². The SMILES string of the molecule is CN1CCN(N2C(=O)N(c3nc(-c4ccncc4)cs3)Cc3ccccc32)CC1. The highest BCUT2D eigenvalue weighted by atomic mass is 32.1. The maximum absolute atomic E-state index is 13.6. The third kappa shape index (κ3) is 3.39. The molecule has 4 heterocycles. The Kier molecular flexibility index (Phi) is 4.75. The van der Waals surface area contributed by atoms with Gasteiger partial charge in [0.25, 0.3) is 0 Å². The van der Waals surface area contributed by atoms with Crippen LogP contribution < -0.4 is 9.91 Å². The Hall–Kier alpha value is -2.81. The van der Waals surface area contributed by atoms with Gasteiger partial charge >= 0.3 is 6.03 Å². The third-order valence-electron chi connectivity index (χ3n) is 5.42. The lowest BCUT2D eigenvalue weighted by Crippen LogP contribution is -2.60. The van der Waals surface area contributed by atoms with Crippen LogP contribution in [0.1, 0.15) is 5.56 Å². The van der Waals surface area contributed by atoms with Crippen molar-refractivity contribution in [3.8, 4) is 11.3 Å². The largest absolute Gasteiger partial charge is 0.345 e. The van der Waals surface area contributed by atoms with Gasteiger partial charge in [-0.25, -0.2) is 19.8 Å². The number of para-hydroxylation sites is 1. The molecule has 8 heteroatoms. The quantitative estimate of drug-likeness (QED) is 0.668. The molecule has 1 saturated heterocycles. The smallest absolute Gasteiger partial charge is 0.304 e. The number of benzene rings is 1. The summed E-state index contributed by atoms with van der Waals surface area (Å²) < 4.78 is 0. The van der Waals surface area contributed by atoms with Gasteiger partial charge in [0.15, 0.2) is 5.13 Å². The number of urea groups is 1. The zero-order valence-electron chi connectivity index (χ0n) is 16.2. The summed E-state index contributed by atoms with van der Waals surface area (Å²) in [6, 6.07) is 12.0. The molecule has 0 saturated carbocycles. The molecule has 2 aliphatic heterocycles. The number of aromatic nitrogens is 2. The zero-order valence-corrected chi connectivity index (χ0v) is 17.0. The molecule has 2 amide bonds. The van der Waals surface area contributed by atoms with E-state index in [9.17, 15) is 4.79 Å². The van der Waals surface area contributed by atoms with Crippen molar-refractivity contribution in [3.63, 3.8) is 0 Å². The molecule has 1 fully saturated rings. The Labute approximate surface area is 173 Å². The first-order valence-electron chi connectivity index (χ1n) is 9.69. The van der Waals surface area contributed by atoms with E-state index < -0.39 is 0 Å². The number of hydrogen-bond donors (Lipinski definition) is 0. The van der Waals surface area contributed by atoms with Crippen LogP contribution >= 0.6 is 11.3 Å². The minimum Gasteiger partial charge on any atom is -0.304 e. The first kappa shape index (κ1) is 18.2. The first-order valence-corrected chi connectivity index (χ1v) is 10.6. The Morgan fingerprint density at radius 3 is 2.55 bits per heavy atom. The van der Waals surface area contributed by atoms with Gasteiger partial charge in [-0.3, -0.25) is 9.88 Å². The predicted molar refractivity (Wildman–Crippen MR) is 115 cm³/mol. The summed E-state index contributed by atoms with van der Waals surface area (Å²) in [6.07, 6.45) is 3.51. The Morgan fingerprint density at radius 2 is 1.76 bits per heavy atom. The molecule has 2 aliphatic rings. The maximum Gasteiger partial charge on any atom is 0.345 e. The molecule has 148 valence electrons. The lowest BCUT2D eigenvalue weighted by atomic mass is 10.1. The van der Waals surface area contributed by atoms with Gasteiger partial charge in [0.2, 0.25) is 0 Å². The molecule has 0 spiro atoms. The van der Waals surface area contributed by atoms with Gasteiger partial charge in [0.05, 0.1) is 17.9 Å². The van der Waals surface area contributed by atoms with Crippen LogP contribution in [0.25, 0.3) is 11.3 Å². The summed E-state index contributed by atoms with van der Waals surface area (Å²) in [5, 5.41) is 6.72. The van der Waals surface area contributed by atoms with E-state index >= 15 is 0 Å². The normalized spacial score (nSPS) is 18.2. The highest BCUT2D eigenvalue weighted by Crippen LogP contribution is 2.35. The van der Waals surface area contributed by atoms with Crippen molar-refractivity contribution in [2.45, 2.75) is 6.54 Å². The van der Waals surface area contributed by atoms with Crippen LogP contribution in [0.15, 0.2) is 54.2 Å². The van der Waals surface area contributed by atoms with Crippen LogP contribution in [-0.2, 0) is 6.54 Å². The fourth-order valence-electron chi connectivity index (χ4n) is 3.77. The number of hydrogen-bond acceptors (Lipinski definition) is 6. The van der Waals surface area contributed by atoms with Crippen molar-refractivity contribution >= 4 is 28.2 Å². The van der Waals surface area contributed by atoms with Gasteiger partial charge in [0.1, 0.15) is 0 Å². The second-order valence-electron chi connectivity index (χ2n) is 7.32. The Morgan fingerprint density at radius 1 is 1.00 bits per heavy atom. The highest BCUT2D eigenvalue weighted by Gasteiger charge is 2.37. The third-order valence-corrected chi connectivity index (χ3v) is 6.29. The summed E-state index contributed by atoms with van der Waals surface area (Å²) in [5.74, 6) is 0. The summed E-state index contributed by atoms with van der Waals surface area (Å²) in [4.78, 5) is 26.5. The predicted octanol–water partition coefficient (Wildman–Crippen LogP) is 3.31. The number of amides is 2. The molecule has 0 unspecified atom stereocenters. The number of rotatable bonds is 3. The Bertz CT molecular complexity index is 1010. The summed E-state index contributed by atoms with van der Waals surface area (Å²) in [6.45, 7) is 4.06. The summed E-state index contributed by atoms with van der Waals surface area (Å²) in [5.41, 5.74) is 3.98. The number of piperazine rings is 1. The number of hydrazine groups is 1. The van der Waals surface area contributed by atoms with Crippen molar-refractivity contribution in [2.75, 3.05) is 43.1 Å². The van der Waals surface area contributed by atoms with E-state index in [4.69, 9.17) is 4.98 Å². The van der Waals surface area contributed by atoms with Crippen molar-refractivity contribution in [1.29, 1.82) is 0 Å². The standard InChI is InChI=1S/C21H22N6OS/c1-24-10-12-25(13-11-24)27-19-5-3-2-4-17(19)14-26(21(27)28)20-23-18(15-29-20)16-6-8-22-9-7-16/h2-9,15H,10-14H2,1H3. The average Bonchev–Trinajstić information content (AvgIpc) is 3.25. The van der Waals surface area contributed by atoms with Gasteiger partial charge in [-0.1, -0.05) is 18.2 Å². The number of anilines is 2. The van der Waals surface area contributed by atoms with Crippen molar-refractivity contribution in [2.24, 2.45) is 0 Å². The molecular weight excluding hydrogens is 384 g/mol. The average molecular weight is 407 g/mol. The molecule has 0 N–H and O–H groups in total. The fourth-order valence-corrected chi connectivity index (χ4v) is 4.60. The Balaban J connectivity index is 1.49. The van der Waals surface area contributed by atoms with E-state index in [-0.39, 0.29) is 6.03 Å². The highest BCUT2D eigenvalue weighted by molar-refractivity contribution is 7.14. The lowest BCUT2D eigenvalue weighted by Gasteiger charge is -2.44. The number of fused-ring (bicyclic) bond motifs is 1. The van der Waals surface area contributed by atoms with E-state index in [1.54, 1.807) is 17.3 Å². The molecule has 5 rings (SSSR count). The monoisotopic (exact) mass is 406 g/mol. The van der Waals surface area contributed by atoms with E-state index in [0.29, 0.717) is 6.54 Å². The molecule has 0 aliphatic carbocycles. The zero-order chi connectivity index (χ0) is 19.8. The molecule has 0 atom stereocenters. The van der Waals surface area contributed by atoms with Gasteiger partial charge in [0, 0.05) is 49.5 Å². The second-order valence-corrected chi connectivity index (χ2v) is 8.15. The minimum atomic E-state index is -0.0381. The van der Waals surface area contributed by atoms with E-state index in [2.05, 4.69) is 28.0 Å². The van der Waals surface area contributed by atoms with Crippen LogP contribution in [0.5, 0.6) is 0 Å². The van der Waals surface area contributed by atoms with Crippen molar-refractivity contribution in [3.05, 3.63) is 59.7 Å². The molecule has 1 aromatic carbocycles. The van der Waals surface area contributed by atoms with Crippen LogP contribution in [0.4, 0.5) is 15.6 Å². The number of pyridine rings is 1.